The van der Waals surface area contributed by atoms with E-state index in [4.69, 9.17) is 5.11 Å². The molecule has 0 saturated carbocycles. The number of aryl methyl sites for hydroxylation is 2. The van der Waals surface area contributed by atoms with Gasteiger partial charge in [-0.25, -0.2) is 0 Å². The number of carbonyl (C=O) groups is 1. The SMILES string of the molecule is Cc1cc(C)cc(C(C)N2CCCC(CC(=O)O)C2)c1. The number of likely N-dealkylation sites (tertiary alicyclic amines) is 1. The number of hydrogen-bond acceptors (Lipinski definition) is 2. The molecule has 20 heavy (non-hydrogen) atoms. The molecule has 1 saturated heterocycles. The van der Waals surface area contributed by atoms with Crippen molar-refractivity contribution in [3.63, 3.8) is 0 Å². The normalized spacial score (nSPS) is 21.6. The molecule has 0 aromatic heterocycles. The van der Waals surface area contributed by atoms with Gasteiger partial charge >= 0.3 is 5.97 Å². The first-order valence-electron chi connectivity index (χ1n) is 7.49. The molecule has 0 spiro atoms. The van der Waals surface area contributed by atoms with Crippen LogP contribution in [0.5, 0.6) is 0 Å². The van der Waals surface area contributed by atoms with Gasteiger partial charge in [-0.05, 0) is 51.6 Å². The van der Waals surface area contributed by atoms with Crippen molar-refractivity contribution in [2.24, 2.45) is 5.92 Å². The molecular formula is C17H25NO2. The number of carboxylic acid groups (broad SMARTS) is 1. The third kappa shape index (κ3) is 3.83. The monoisotopic (exact) mass is 275 g/mol. The number of nitrogens with zero attached hydrogens (tertiary/aromatic N) is 1. The minimum Gasteiger partial charge on any atom is -0.481 e. The van der Waals surface area contributed by atoms with Crippen molar-refractivity contribution in [3.05, 3.63) is 34.9 Å². The smallest absolute Gasteiger partial charge is 0.303 e. The number of hydrogen-bond donors (Lipinski definition) is 1. The lowest BCUT2D eigenvalue weighted by Crippen LogP contribution is -2.38. The van der Waals surface area contributed by atoms with E-state index in [1.54, 1.807) is 0 Å². The molecule has 1 N–H and O–H groups in total. The molecule has 1 aromatic rings. The summed E-state index contributed by atoms with van der Waals surface area (Å²) in [5, 5.41) is 8.96. The lowest BCUT2D eigenvalue weighted by atomic mass is 9.92. The molecule has 3 heteroatoms. The highest BCUT2D eigenvalue weighted by Gasteiger charge is 2.25. The van der Waals surface area contributed by atoms with E-state index in [0.717, 1.165) is 25.9 Å². The van der Waals surface area contributed by atoms with Crippen LogP contribution >= 0.6 is 0 Å². The van der Waals surface area contributed by atoms with Crippen molar-refractivity contribution in [1.82, 2.24) is 4.90 Å². The summed E-state index contributed by atoms with van der Waals surface area (Å²) in [4.78, 5) is 13.3. The van der Waals surface area contributed by atoms with Gasteiger partial charge in [0.05, 0.1) is 0 Å². The average molecular weight is 275 g/mol. The second kappa shape index (κ2) is 6.40. The van der Waals surface area contributed by atoms with Gasteiger partial charge in [-0.2, -0.15) is 0 Å². The van der Waals surface area contributed by atoms with Gasteiger partial charge in [-0.3, -0.25) is 9.69 Å². The first-order valence-corrected chi connectivity index (χ1v) is 7.49. The summed E-state index contributed by atoms with van der Waals surface area (Å²) in [6.07, 6.45) is 2.45. The molecule has 2 atom stereocenters. The molecule has 2 rings (SSSR count). The second-order valence-electron chi connectivity index (χ2n) is 6.20. The van der Waals surface area contributed by atoms with Crippen LogP contribution < -0.4 is 0 Å². The summed E-state index contributed by atoms with van der Waals surface area (Å²) < 4.78 is 0. The quantitative estimate of drug-likeness (QED) is 0.913. The van der Waals surface area contributed by atoms with E-state index < -0.39 is 5.97 Å². The highest BCUT2D eigenvalue weighted by Crippen LogP contribution is 2.28. The largest absolute Gasteiger partial charge is 0.481 e. The fraction of sp³-hybridized carbons (Fsp3) is 0.588. The number of benzene rings is 1. The van der Waals surface area contributed by atoms with Crippen molar-refractivity contribution in [2.75, 3.05) is 13.1 Å². The Morgan fingerprint density at radius 2 is 2.00 bits per heavy atom. The maximum atomic E-state index is 10.9. The Hall–Kier alpha value is -1.35. The van der Waals surface area contributed by atoms with Crippen LogP contribution in [0.15, 0.2) is 18.2 Å². The molecule has 110 valence electrons. The van der Waals surface area contributed by atoms with Crippen molar-refractivity contribution in [3.8, 4) is 0 Å². The third-order valence-electron chi connectivity index (χ3n) is 4.29. The first-order chi connectivity index (χ1) is 9.45. The van der Waals surface area contributed by atoms with Gasteiger partial charge in [0, 0.05) is 19.0 Å². The van der Waals surface area contributed by atoms with Crippen molar-refractivity contribution < 1.29 is 9.90 Å². The van der Waals surface area contributed by atoms with Crippen LogP contribution in [0.25, 0.3) is 0 Å². The van der Waals surface area contributed by atoms with E-state index in [1.807, 2.05) is 0 Å². The zero-order chi connectivity index (χ0) is 14.7. The van der Waals surface area contributed by atoms with E-state index in [0.29, 0.717) is 18.4 Å². The maximum absolute atomic E-state index is 10.9. The Bertz CT molecular complexity index is 464. The molecule has 0 amide bonds. The zero-order valence-corrected chi connectivity index (χ0v) is 12.7. The topological polar surface area (TPSA) is 40.5 Å². The number of piperidine rings is 1. The van der Waals surface area contributed by atoms with Crippen LogP contribution in [-0.4, -0.2) is 29.1 Å². The van der Waals surface area contributed by atoms with Gasteiger partial charge in [0.2, 0.25) is 0 Å². The van der Waals surface area contributed by atoms with Crippen LogP contribution in [0.1, 0.15) is 48.9 Å². The molecule has 1 fully saturated rings. The van der Waals surface area contributed by atoms with Crippen molar-refractivity contribution in [1.29, 1.82) is 0 Å². The van der Waals surface area contributed by atoms with E-state index in [-0.39, 0.29) is 0 Å². The van der Waals surface area contributed by atoms with Gasteiger partial charge in [-0.1, -0.05) is 29.3 Å². The predicted molar refractivity (Wildman–Crippen MR) is 80.9 cm³/mol. The van der Waals surface area contributed by atoms with Gasteiger partial charge in [-0.15, -0.1) is 0 Å². The minimum absolute atomic E-state index is 0.301. The van der Waals surface area contributed by atoms with Gasteiger partial charge in [0.1, 0.15) is 0 Å². The Kier molecular flexibility index (Phi) is 4.81. The standard InChI is InChI=1S/C17H25NO2/c1-12-7-13(2)9-16(8-12)14(3)18-6-4-5-15(11-18)10-17(19)20/h7-9,14-15H,4-6,10-11H2,1-3H3,(H,19,20). The van der Waals surface area contributed by atoms with Crippen LogP contribution in [0, 0.1) is 19.8 Å². The number of rotatable bonds is 4. The Balaban J connectivity index is 2.07. The van der Waals surface area contributed by atoms with E-state index in [9.17, 15) is 4.79 Å². The van der Waals surface area contributed by atoms with E-state index >= 15 is 0 Å². The first kappa shape index (κ1) is 15.0. The lowest BCUT2D eigenvalue weighted by Gasteiger charge is -2.36. The van der Waals surface area contributed by atoms with Crippen LogP contribution in [0.3, 0.4) is 0 Å². The summed E-state index contributed by atoms with van der Waals surface area (Å²) >= 11 is 0. The average Bonchev–Trinajstić information content (AvgIpc) is 2.36. The summed E-state index contributed by atoms with van der Waals surface area (Å²) in [6, 6.07) is 7.06. The molecule has 0 aliphatic carbocycles. The van der Waals surface area contributed by atoms with E-state index in [1.165, 1.54) is 16.7 Å². The molecular weight excluding hydrogens is 250 g/mol. The maximum Gasteiger partial charge on any atom is 0.303 e. The molecule has 0 bridgehead atoms. The molecule has 0 radical (unpaired) electrons. The molecule has 1 aliphatic heterocycles. The fourth-order valence-electron chi connectivity index (χ4n) is 3.32. The van der Waals surface area contributed by atoms with Gasteiger partial charge < -0.3 is 5.11 Å². The third-order valence-corrected chi connectivity index (χ3v) is 4.29. The van der Waals surface area contributed by atoms with Crippen molar-refractivity contribution in [2.45, 2.75) is 46.1 Å². The predicted octanol–water partition coefficient (Wildman–Crippen LogP) is 3.55. The number of carboxylic acids is 1. The van der Waals surface area contributed by atoms with E-state index in [2.05, 4.69) is 43.9 Å². The van der Waals surface area contributed by atoms with Crippen LogP contribution in [-0.2, 0) is 4.79 Å². The van der Waals surface area contributed by atoms with Gasteiger partial charge in [0.25, 0.3) is 0 Å². The Labute approximate surface area is 121 Å². The Morgan fingerprint density at radius 3 is 2.60 bits per heavy atom. The van der Waals surface area contributed by atoms with Gasteiger partial charge in [0.15, 0.2) is 0 Å². The summed E-state index contributed by atoms with van der Waals surface area (Å²) in [5.74, 6) is -0.370. The Morgan fingerprint density at radius 1 is 1.35 bits per heavy atom. The lowest BCUT2D eigenvalue weighted by molar-refractivity contribution is -0.138. The molecule has 1 aliphatic rings. The summed E-state index contributed by atoms with van der Waals surface area (Å²) in [6.45, 7) is 8.47. The molecule has 2 unspecified atom stereocenters. The molecule has 1 heterocycles. The fourth-order valence-corrected chi connectivity index (χ4v) is 3.32. The molecule has 1 aromatic carbocycles. The minimum atomic E-state index is -0.670. The van der Waals surface area contributed by atoms with Crippen molar-refractivity contribution >= 4 is 5.97 Å². The summed E-state index contributed by atoms with van der Waals surface area (Å²) in [7, 11) is 0. The zero-order valence-electron chi connectivity index (χ0n) is 12.7. The van der Waals surface area contributed by atoms with Crippen LogP contribution in [0.2, 0.25) is 0 Å². The van der Waals surface area contributed by atoms with Crippen LogP contribution in [0.4, 0.5) is 0 Å². The highest BCUT2D eigenvalue weighted by atomic mass is 16.4. The molecule has 3 nitrogen and oxygen atoms in total. The second-order valence-corrected chi connectivity index (χ2v) is 6.20. The number of aliphatic carboxylic acids is 1. The summed E-state index contributed by atoms with van der Waals surface area (Å²) in [5.41, 5.74) is 3.94. The highest BCUT2D eigenvalue weighted by molar-refractivity contribution is 5.67.